The third-order valence-corrected chi connectivity index (χ3v) is 7.43. The van der Waals surface area contributed by atoms with E-state index >= 15 is 0 Å². The molecule has 5 heteroatoms. The first-order valence-electron chi connectivity index (χ1n) is 12.6. The topological polar surface area (TPSA) is 40.5 Å². The minimum Gasteiger partial charge on any atom is -0.508 e. The van der Waals surface area contributed by atoms with Crippen LogP contribution < -0.4 is 0 Å². The van der Waals surface area contributed by atoms with Gasteiger partial charge in [0.1, 0.15) is 11.6 Å². The molecular weight excluding hydrogens is 449 g/mol. The summed E-state index contributed by atoms with van der Waals surface area (Å²) in [4.78, 5) is 0. The van der Waals surface area contributed by atoms with Crippen molar-refractivity contribution < 1.29 is 23.4 Å². The van der Waals surface area contributed by atoms with Gasteiger partial charge in [-0.25, -0.2) is 13.2 Å². The Morgan fingerprint density at radius 3 is 2.23 bits per heavy atom. The van der Waals surface area contributed by atoms with Gasteiger partial charge >= 0.3 is 0 Å². The van der Waals surface area contributed by atoms with E-state index in [0.717, 1.165) is 50.2 Å². The normalized spacial score (nSPS) is 19.0. The Morgan fingerprint density at radius 1 is 0.857 bits per heavy atom. The zero-order valence-corrected chi connectivity index (χ0v) is 20.1. The fourth-order valence-corrected chi connectivity index (χ4v) is 5.33. The summed E-state index contributed by atoms with van der Waals surface area (Å²) in [6.45, 7) is 2.06. The minimum atomic E-state index is -0.765. The van der Waals surface area contributed by atoms with Crippen LogP contribution in [0.2, 0.25) is 0 Å². The number of hydrogen-bond acceptors (Lipinski definition) is 2. The maximum Gasteiger partial charge on any atom is 0.162 e. The SMILES string of the molecule is CCCC(O)C1CCC(c2ccc(CCc3ccc(-c4ccc(O)cc4F)cc3)c(F)c2F)CC1. The first kappa shape index (κ1) is 25.3. The molecule has 0 spiro atoms. The Morgan fingerprint density at radius 2 is 1.57 bits per heavy atom. The lowest BCUT2D eigenvalue weighted by atomic mass is 9.75. The van der Waals surface area contributed by atoms with Gasteiger partial charge in [-0.15, -0.1) is 0 Å². The van der Waals surface area contributed by atoms with Crippen molar-refractivity contribution in [3.63, 3.8) is 0 Å². The van der Waals surface area contributed by atoms with Crippen LogP contribution in [0.5, 0.6) is 5.75 Å². The molecule has 0 bridgehead atoms. The van der Waals surface area contributed by atoms with Crippen molar-refractivity contribution in [2.24, 2.45) is 5.92 Å². The molecule has 1 saturated carbocycles. The number of phenolic OH excluding ortho intramolecular Hbond substituents is 1. The van der Waals surface area contributed by atoms with Crippen molar-refractivity contribution in [2.45, 2.75) is 70.3 Å². The van der Waals surface area contributed by atoms with E-state index in [9.17, 15) is 23.4 Å². The molecule has 3 aromatic rings. The molecule has 0 heterocycles. The zero-order valence-electron chi connectivity index (χ0n) is 20.1. The molecule has 0 aromatic heterocycles. The molecule has 2 nitrogen and oxygen atoms in total. The van der Waals surface area contributed by atoms with Crippen LogP contribution in [0.3, 0.4) is 0 Å². The molecular formula is C30H33F3O2. The molecule has 0 saturated heterocycles. The van der Waals surface area contributed by atoms with Crippen LogP contribution in [0.4, 0.5) is 13.2 Å². The minimum absolute atomic E-state index is 0.00327. The number of aliphatic hydroxyl groups is 1. The molecule has 1 atom stereocenters. The van der Waals surface area contributed by atoms with Gasteiger partial charge in [-0.05, 0) is 91.2 Å². The van der Waals surface area contributed by atoms with Crippen LogP contribution in [0, 0.1) is 23.4 Å². The van der Waals surface area contributed by atoms with E-state index in [1.54, 1.807) is 24.3 Å². The Hall–Kier alpha value is -2.79. The summed E-state index contributed by atoms with van der Waals surface area (Å²) in [7, 11) is 0. The molecule has 0 aliphatic heterocycles. The van der Waals surface area contributed by atoms with Gasteiger partial charge < -0.3 is 10.2 Å². The fourth-order valence-electron chi connectivity index (χ4n) is 5.33. The number of benzene rings is 3. The number of aryl methyl sites for hydroxylation is 2. The van der Waals surface area contributed by atoms with E-state index in [4.69, 9.17) is 0 Å². The summed E-state index contributed by atoms with van der Waals surface area (Å²) in [5, 5.41) is 19.6. The first-order valence-corrected chi connectivity index (χ1v) is 12.6. The van der Waals surface area contributed by atoms with E-state index in [1.807, 2.05) is 12.1 Å². The Balaban J connectivity index is 1.38. The molecule has 2 N–H and O–H groups in total. The quantitative estimate of drug-likeness (QED) is 0.345. The Kier molecular flexibility index (Phi) is 8.17. The smallest absolute Gasteiger partial charge is 0.162 e. The second kappa shape index (κ2) is 11.3. The van der Waals surface area contributed by atoms with Gasteiger partial charge in [0.2, 0.25) is 0 Å². The molecule has 0 amide bonds. The molecule has 35 heavy (non-hydrogen) atoms. The van der Waals surface area contributed by atoms with Crippen LogP contribution in [0.25, 0.3) is 11.1 Å². The molecule has 1 fully saturated rings. The van der Waals surface area contributed by atoms with Crippen LogP contribution in [-0.4, -0.2) is 16.3 Å². The summed E-state index contributed by atoms with van der Waals surface area (Å²) in [6, 6.07) is 14.8. The maximum atomic E-state index is 15.0. The Labute approximate surface area is 205 Å². The predicted octanol–water partition coefficient (Wildman–Crippen LogP) is 7.70. The number of rotatable bonds is 8. The average Bonchev–Trinajstić information content (AvgIpc) is 2.86. The third-order valence-electron chi connectivity index (χ3n) is 7.43. The van der Waals surface area contributed by atoms with E-state index in [0.29, 0.717) is 35.1 Å². The number of phenols is 1. The Bertz CT molecular complexity index is 1140. The summed E-state index contributed by atoms with van der Waals surface area (Å²) in [6.07, 6.45) is 5.59. The number of aliphatic hydroxyl groups excluding tert-OH is 1. The average molecular weight is 483 g/mol. The van der Waals surface area contributed by atoms with E-state index < -0.39 is 17.5 Å². The highest BCUT2D eigenvalue weighted by Crippen LogP contribution is 2.39. The van der Waals surface area contributed by atoms with Gasteiger partial charge in [0.15, 0.2) is 11.6 Å². The van der Waals surface area contributed by atoms with Crippen LogP contribution >= 0.6 is 0 Å². The molecule has 4 rings (SSSR count). The highest BCUT2D eigenvalue weighted by atomic mass is 19.2. The van der Waals surface area contributed by atoms with Gasteiger partial charge in [0.05, 0.1) is 6.10 Å². The van der Waals surface area contributed by atoms with Gasteiger partial charge in [-0.3, -0.25) is 0 Å². The first-order chi connectivity index (χ1) is 16.9. The summed E-state index contributed by atoms with van der Waals surface area (Å²) >= 11 is 0. The monoisotopic (exact) mass is 482 g/mol. The lowest BCUT2D eigenvalue weighted by Crippen LogP contribution is -2.25. The molecule has 1 unspecified atom stereocenters. The van der Waals surface area contributed by atoms with Gasteiger partial charge in [0.25, 0.3) is 0 Å². The maximum absolute atomic E-state index is 15.0. The van der Waals surface area contributed by atoms with E-state index in [-0.39, 0.29) is 23.7 Å². The van der Waals surface area contributed by atoms with E-state index in [1.165, 1.54) is 12.1 Å². The lowest BCUT2D eigenvalue weighted by molar-refractivity contribution is 0.0727. The van der Waals surface area contributed by atoms with Crippen molar-refractivity contribution in [2.75, 3.05) is 0 Å². The van der Waals surface area contributed by atoms with Crippen molar-refractivity contribution >= 4 is 0 Å². The highest BCUT2D eigenvalue weighted by Gasteiger charge is 2.29. The molecule has 1 aliphatic rings. The van der Waals surface area contributed by atoms with Crippen molar-refractivity contribution in [1.29, 1.82) is 0 Å². The second-order valence-electron chi connectivity index (χ2n) is 9.77. The molecule has 186 valence electrons. The van der Waals surface area contributed by atoms with E-state index in [2.05, 4.69) is 6.92 Å². The van der Waals surface area contributed by atoms with Crippen molar-refractivity contribution in [3.8, 4) is 16.9 Å². The predicted molar refractivity (Wildman–Crippen MR) is 133 cm³/mol. The highest BCUT2D eigenvalue weighted by molar-refractivity contribution is 5.65. The van der Waals surface area contributed by atoms with Crippen LogP contribution in [-0.2, 0) is 12.8 Å². The van der Waals surface area contributed by atoms with Crippen molar-refractivity contribution in [3.05, 3.63) is 88.7 Å². The van der Waals surface area contributed by atoms with Crippen LogP contribution in [0.15, 0.2) is 54.6 Å². The second-order valence-corrected chi connectivity index (χ2v) is 9.77. The zero-order chi connectivity index (χ0) is 24.9. The van der Waals surface area contributed by atoms with Gasteiger partial charge in [-0.2, -0.15) is 0 Å². The summed E-state index contributed by atoms with van der Waals surface area (Å²) in [5.74, 6) is -1.87. The van der Waals surface area contributed by atoms with Gasteiger partial charge in [0, 0.05) is 11.6 Å². The summed E-state index contributed by atoms with van der Waals surface area (Å²) in [5.41, 5.74) is 2.83. The molecule has 1 aliphatic carbocycles. The van der Waals surface area contributed by atoms with Crippen LogP contribution in [0.1, 0.15) is 68.1 Å². The number of hydrogen-bond donors (Lipinski definition) is 2. The number of halogens is 3. The molecule has 0 radical (unpaired) electrons. The lowest BCUT2D eigenvalue weighted by Gasteiger charge is -2.32. The fraction of sp³-hybridized carbons (Fsp3) is 0.400. The summed E-state index contributed by atoms with van der Waals surface area (Å²) < 4.78 is 44.0. The largest absolute Gasteiger partial charge is 0.508 e. The third kappa shape index (κ3) is 5.90. The molecule has 3 aromatic carbocycles. The van der Waals surface area contributed by atoms with Gasteiger partial charge in [-0.1, -0.05) is 49.7 Å². The number of aromatic hydroxyl groups is 1. The standard InChI is InChI=1S/C30H33F3O2/c1-2-3-28(35)22-12-10-21(11-13-22)26-16-14-23(29(32)30(26)33)9-6-19-4-7-20(8-5-19)25-17-15-24(34)18-27(25)31/h4-5,7-8,14-18,21-22,28,34-35H,2-3,6,9-13H2,1H3. The van der Waals surface area contributed by atoms with Crippen molar-refractivity contribution in [1.82, 2.24) is 0 Å².